The van der Waals surface area contributed by atoms with E-state index in [1.54, 1.807) is 7.11 Å². The molecular weight excluding hydrogens is 232 g/mol. The molecule has 2 aromatic rings. The molecule has 0 atom stereocenters. The Hall–Kier alpha value is -1.76. The van der Waals surface area contributed by atoms with Gasteiger partial charge in [-0.3, -0.25) is 0 Å². The van der Waals surface area contributed by atoms with Crippen LogP contribution in [0.2, 0.25) is 0 Å². The molecule has 1 nitrogen and oxygen atoms in total. The second-order valence-electron chi connectivity index (χ2n) is 5.11. The molecule has 0 heterocycles. The SMILES string of the molecule is CCc1c(-c2ccc(OC)cc2)cccc1C(C)C. The molecule has 0 unspecified atom stereocenters. The van der Waals surface area contributed by atoms with E-state index in [0.29, 0.717) is 5.92 Å². The predicted octanol–water partition coefficient (Wildman–Crippen LogP) is 5.05. The van der Waals surface area contributed by atoms with Crippen LogP contribution in [0.15, 0.2) is 42.5 Å². The normalized spacial score (nSPS) is 10.8. The van der Waals surface area contributed by atoms with Crippen LogP contribution in [0.1, 0.15) is 37.8 Å². The highest BCUT2D eigenvalue weighted by molar-refractivity contribution is 5.69. The maximum atomic E-state index is 5.22. The molecule has 0 aliphatic heterocycles. The Morgan fingerprint density at radius 3 is 2.21 bits per heavy atom. The van der Waals surface area contributed by atoms with Gasteiger partial charge in [0.15, 0.2) is 0 Å². The second-order valence-corrected chi connectivity index (χ2v) is 5.11. The van der Waals surface area contributed by atoms with E-state index in [2.05, 4.69) is 51.1 Å². The largest absolute Gasteiger partial charge is 0.497 e. The number of hydrogen-bond donors (Lipinski definition) is 0. The molecule has 0 saturated carbocycles. The number of benzene rings is 2. The van der Waals surface area contributed by atoms with Crippen molar-refractivity contribution in [1.29, 1.82) is 0 Å². The van der Waals surface area contributed by atoms with Crippen LogP contribution in [0.25, 0.3) is 11.1 Å². The average Bonchev–Trinajstić information content (AvgIpc) is 2.46. The molecular formula is C18H22O. The van der Waals surface area contributed by atoms with Gasteiger partial charge in [-0.1, -0.05) is 51.1 Å². The zero-order valence-electron chi connectivity index (χ0n) is 12.2. The van der Waals surface area contributed by atoms with Crippen molar-refractivity contribution in [1.82, 2.24) is 0 Å². The molecule has 0 bridgehead atoms. The van der Waals surface area contributed by atoms with Crippen molar-refractivity contribution in [2.75, 3.05) is 7.11 Å². The monoisotopic (exact) mass is 254 g/mol. The van der Waals surface area contributed by atoms with Crippen molar-refractivity contribution >= 4 is 0 Å². The van der Waals surface area contributed by atoms with Crippen LogP contribution < -0.4 is 4.74 Å². The smallest absolute Gasteiger partial charge is 0.118 e. The zero-order valence-corrected chi connectivity index (χ0v) is 12.2. The Labute approximate surface area is 116 Å². The first-order valence-corrected chi connectivity index (χ1v) is 6.93. The van der Waals surface area contributed by atoms with E-state index in [0.717, 1.165) is 12.2 Å². The van der Waals surface area contributed by atoms with E-state index in [4.69, 9.17) is 4.74 Å². The number of rotatable bonds is 4. The molecule has 2 rings (SSSR count). The Bertz CT molecular complexity index is 538. The van der Waals surface area contributed by atoms with Crippen LogP contribution in [0.5, 0.6) is 5.75 Å². The van der Waals surface area contributed by atoms with Crippen LogP contribution in [0.3, 0.4) is 0 Å². The van der Waals surface area contributed by atoms with Crippen LogP contribution in [0, 0.1) is 0 Å². The third-order valence-electron chi connectivity index (χ3n) is 3.59. The van der Waals surface area contributed by atoms with Crippen LogP contribution >= 0.6 is 0 Å². The minimum atomic E-state index is 0.563. The topological polar surface area (TPSA) is 9.23 Å². The molecule has 0 amide bonds. The Kier molecular flexibility index (Phi) is 4.26. The minimum Gasteiger partial charge on any atom is -0.497 e. The van der Waals surface area contributed by atoms with E-state index in [-0.39, 0.29) is 0 Å². The van der Waals surface area contributed by atoms with Crippen molar-refractivity contribution in [3.63, 3.8) is 0 Å². The van der Waals surface area contributed by atoms with Crippen LogP contribution in [-0.2, 0) is 6.42 Å². The fraction of sp³-hybridized carbons (Fsp3) is 0.333. The Balaban J connectivity index is 2.51. The molecule has 0 aliphatic rings. The summed E-state index contributed by atoms with van der Waals surface area (Å²) in [4.78, 5) is 0. The lowest BCUT2D eigenvalue weighted by Crippen LogP contribution is -1.98. The Morgan fingerprint density at radius 2 is 1.68 bits per heavy atom. The lowest BCUT2D eigenvalue weighted by atomic mass is 9.89. The molecule has 0 aromatic heterocycles. The lowest BCUT2D eigenvalue weighted by molar-refractivity contribution is 0.415. The fourth-order valence-corrected chi connectivity index (χ4v) is 2.58. The maximum Gasteiger partial charge on any atom is 0.118 e. The van der Waals surface area contributed by atoms with E-state index in [1.165, 1.54) is 22.3 Å². The average molecular weight is 254 g/mol. The summed E-state index contributed by atoms with van der Waals surface area (Å²) in [5.41, 5.74) is 5.52. The summed E-state index contributed by atoms with van der Waals surface area (Å²) < 4.78 is 5.22. The van der Waals surface area contributed by atoms with E-state index in [1.807, 2.05) is 12.1 Å². The van der Waals surface area contributed by atoms with Gasteiger partial charge in [-0.05, 0) is 46.7 Å². The molecule has 2 aromatic carbocycles. The van der Waals surface area contributed by atoms with Crippen LogP contribution in [0.4, 0.5) is 0 Å². The quantitative estimate of drug-likeness (QED) is 0.742. The summed E-state index contributed by atoms with van der Waals surface area (Å²) in [6, 6.07) is 14.9. The summed E-state index contributed by atoms with van der Waals surface area (Å²) >= 11 is 0. The first kappa shape index (κ1) is 13.7. The standard InChI is InChI=1S/C18H22O/c1-5-16-17(13(2)3)7-6-8-18(16)14-9-11-15(19-4)12-10-14/h6-13H,5H2,1-4H3. The minimum absolute atomic E-state index is 0.563. The van der Waals surface area contributed by atoms with Gasteiger partial charge in [0.25, 0.3) is 0 Å². The van der Waals surface area contributed by atoms with Crippen LogP contribution in [-0.4, -0.2) is 7.11 Å². The van der Waals surface area contributed by atoms with Gasteiger partial charge in [-0.25, -0.2) is 0 Å². The highest BCUT2D eigenvalue weighted by Gasteiger charge is 2.10. The predicted molar refractivity (Wildman–Crippen MR) is 81.9 cm³/mol. The molecule has 0 fully saturated rings. The first-order valence-electron chi connectivity index (χ1n) is 6.93. The van der Waals surface area contributed by atoms with Crippen molar-refractivity contribution in [3.8, 4) is 16.9 Å². The molecule has 19 heavy (non-hydrogen) atoms. The van der Waals surface area contributed by atoms with Crippen molar-refractivity contribution < 1.29 is 4.74 Å². The van der Waals surface area contributed by atoms with Gasteiger partial charge in [0, 0.05) is 0 Å². The summed E-state index contributed by atoms with van der Waals surface area (Å²) in [6.45, 7) is 6.74. The number of methoxy groups -OCH3 is 1. The highest BCUT2D eigenvalue weighted by Crippen LogP contribution is 2.31. The van der Waals surface area contributed by atoms with Crippen molar-refractivity contribution in [2.24, 2.45) is 0 Å². The van der Waals surface area contributed by atoms with Gasteiger partial charge in [0.2, 0.25) is 0 Å². The van der Waals surface area contributed by atoms with Gasteiger partial charge in [0.1, 0.15) is 5.75 Å². The lowest BCUT2D eigenvalue weighted by Gasteiger charge is -2.16. The molecule has 1 heteroatoms. The second kappa shape index (κ2) is 5.92. The highest BCUT2D eigenvalue weighted by atomic mass is 16.5. The summed E-state index contributed by atoms with van der Waals surface area (Å²) in [7, 11) is 1.70. The van der Waals surface area contributed by atoms with Gasteiger partial charge in [-0.2, -0.15) is 0 Å². The third-order valence-corrected chi connectivity index (χ3v) is 3.59. The fourth-order valence-electron chi connectivity index (χ4n) is 2.58. The van der Waals surface area contributed by atoms with Gasteiger partial charge in [0.05, 0.1) is 7.11 Å². The van der Waals surface area contributed by atoms with Gasteiger partial charge in [-0.15, -0.1) is 0 Å². The van der Waals surface area contributed by atoms with E-state index < -0.39 is 0 Å². The molecule has 0 saturated heterocycles. The molecule has 0 N–H and O–H groups in total. The zero-order chi connectivity index (χ0) is 13.8. The summed E-state index contributed by atoms with van der Waals surface area (Å²) in [6.07, 6.45) is 1.07. The van der Waals surface area contributed by atoms with E-state index in [9.17, 15) is 0 Å². The van der Waals surface area contributed by atoms with Crippen molar-refractivity contribution in [3.05, 3.63) is 53.6 Å². The number of ether oxygens (including phenoxy) is 1. The van der Waals surface area contributed by atoms with Gasteiger partial charge < -0.3 is 4.74 Å². The molecule has 0 radical (unpaired) electrons. The summed E-state index contributed by atoms with van der Waals surface area (Å²) in [5, 5.41) is 0. The molecule has 0 aliphatic carbocycles. The molecule has 100 valence electrons. The maximum absolute atomic E-state index is 5.22. The van der Waals surface area contributed by atoms with Crippen molar-refractivity contribution in [2.45, 2.75) is 33.1 Å². The van der Waals surface area contributed by atoms with E-state index >= 15 is 0 Å². The van der Waals surface area contributed by atoms with Gasteiger partial charge >= 0.3 is 0 Å². The summed E-state index contributed by atoms with van der Waals surface area (Å²) in [5.74, 6) is 1.47. The number of hydrogen-bond acceptors (Lipinski definition) is 1. The first-order chi connectivity index (χ1) is 9.17. The third kappa shape index (κ3) is 2.81. The Morgan fingerprint density at radius 1 is 1.00 bits per heavy atom. The molecule has 0 spiro atoms.